The Hall–Kier alpha value is -0.910. The van der Waals surface area contributed by atoms with Crippen LogP contribution in [0.15, 0.2) is 29.2 Å². The zero-order valence-electron chi connectivity index (χ0n) is 13.1. The van der Waals surface area contributed by atoms with E-state index in [0.29, 0.717) is 17.4 Å². The highest BCUT2D eigenvalue weighted by atomic mass is 32.2. The normalized spacial score (nSPS) is 23.4. The van der Waals surface area contributed by atoms with Gasteiger partial charge in [-0.25, -0.2) is 13.1 Å². The summed E-state index contributed by atoms with van der Waals surface area (Å²) < 4.78 is 27.5. The van der Waals surface area contributed by atoms with Gasteiger partial charge >= 0.3 is 0 Å². The Balaban J connectivity index is 2.04. The van der Waals surface area contributed by atoms with Crippen LogP contribution in [0.1, 0.15) is 45.1 Å². The van der Waals surface area contributed by atoms with Gasteiger partial charge in [0.25, 0.3) is 0 Å². The lowest BCUT2D eigenvalue weighted by molar-refractivity contribution is 0.238. The molecule has 1 unspecified atom stereocenters. The van der Waals surface area contributed by atoms with Gasteiger partial charge in [0.15, 0.2) is 0 Å². The van der Waals surface area contributed by atoms with Crippen LogP contribution < -0.4 is 10.0 Å². The fourth-order valence-corrected chi connectivity index (χ4v) is 3.85. The van der Waals surface area contributed by atoms with Gasteiger partial charge in [0, 0.05) is 13.1 Å². The minimum atomic E-state index is -3.42. The lowest BCUT2D eigenvalue weighted by Crippen LogP contribution is -2.45. The molecule has 1 aliphatic heterocycles. The van der Waals surface area contributed by atoms with Crippen molar-refractivity contribution in [3.63, 3.8) is 0 Å². The third-order valence-corrected chi connectivity index (χ3v) is 5.65. The average molecular weight is 310 g/mol. The first-order valence-corrected chi connectivity index (χ1v) is 9.11. The van der Waals surface area contributed by atoms with Crippen molar-refractivity contribution in [1.82, 2.24) is 10.0 Å². The Morgan fingerprint density at radius 2 is 1.95 bits per heavy atom. The molecule has 5 heteroatoms. The molecule has 1 heterocycles. The maximum atomic E-state index is 12.4. The zero-order chi connectivity index (χ0) is 15.5. The first-order valence-electron chi connectivity index (χ1n) is 7.63. The number of hydrogen-bond acceptors (Lipinski definition) is 3. The third kappa shape index (κ3) is 4.28. The number of nitrogens with one attached hydrogen (secondary N) is 2. The van der Waals surface area contributed by atoms with Crippen LogP contribution in [0.4, 0.5) is 0 Å². The van der Waals surface area contributed by atoms with Crippen LogP contribution >= 0.6 is 0 Å². The molecule has 1 aromatic rings. The van der Waals surface area contributed by atoms with Crippen molar-refractivity contribution in [2.75, 3.05) is 19.6 Å². The largest absolute Gasteiger partial charge is 0.316 e. The summed E-state index contributed by atoms with van der Waals surface area (Å²) in [6, 6.07) is 7.17. The minimum absolute atomic E-state index is 0.00317. The topological polar surface area (TPSA) is 58.2 Å². The van der Waals surface area contributed by atoms with Gasteiger partial charge in [-0.1, -0.05) is 32.9 Å². The van der Waals surface area contributed by atoms with E-state index in [2.05, 4.69) is 30.8 Å². The van der Waals surface area contributed by atoms with Gasteiger partial charge in [0.1, 0.15) is 0 Å². The molecule has 4 nitrogen and oxygen atoms in total. The van der Waals surface area contributed by atoms with Crippen molar-refractivity contribution < 1.29 is 8.42 Å². The third-order valence-electron chi connectivity index (χ3n) is 4.23. The second-order valence-corrected chi connectivity index (χ2v) is 8.41. The molecule has 0 saturated carbocycles. The summed E-state index contributed by atoms with van der Waals surface area (Å²) in [6.07, 6.45) is 2.15. The zero-order valence-corrected chi connectivity index (χ0v) is 14.0. The molecule has 0 aromatic heterocycles. The van der Waals surface area contributed by atoms with Crippen molar-refractivity contribution in [3.8, 4) is 0 Å². The molecular weight excluding hydrogens is 284 g/mol. The SMILES string of the molecule is CC(C)c1ccc(S(=O)(=O)NCC2(C)CCCNC2)cc1. The number of rotatable bonds is 5. The van der Waals surface area contributed by atoms with E-state index in [-0.39, 0.29) is 5.41 Å². The van der Waals surface area contributed by atoms with E-state index >= 15 is 0 Å². The second kappa shape index (κ2) is 6.46. The number of hydrogen-bond donors (Lipinski definition) is 2. The Morgan fingerprint density at radius 1 is 1.29 bits per heavy atom. The second-order valence-electron chi connectivity index (χ2n) is 6.64. The highest BCUT2D eigenvalue weighted by molar-refractivity contribution is 7.89. The standard InChI is InChI=1S/C16H26N2O2S/c1-13(2)14-5-7-15(8-6-14)21(19,20)18-12-16(3)9-4-10-17-11-16/h5-8,13,17-18H,4,9-12H2,1-3H3. The first kappa shape index (κ1) is 16.5. The van der Waals surface area contributed by atoms with Gasteiger partial charge in [0.2, 0.25) is 10.0 Å². The van der Waals surface area contributed by atoms with Crippen LogP contribution in [0.2, 0.25) is 0 Å². The van der Waals surface area contributed by atoms with Crippen LogP contribution in [0.5, 0.6) is 0 Å². The fraction of sp³-hybridized carbons (Fsp3) is 0.625. The molecule has 1 saturated heterocycles. The summed E-state index contributed by atoms with van der Waals surface area (Å²) in [5.41, 5.74) is 1.15. The van der Waals surface area contributed by atoms with Gasteiger partial charge in [-0.15, -0.1) is 0 Å². The molecule has 0 bridgehead atoms. The van der Waals surface area contributed by atoms with Crippen LogP contribution in [0, 0.1) is 5.41 Å². The van der Waals surface area contributed by atoms with Crippen LogP contribution in [0.3, 0.4) is 0 Å². The molecule has 21 heavy (non-hydrogen) atoms. The van der Waals surface area contributed by atoms with Crippen LogP contribution in [-0.2, 0) is 10.0 Å². The summed E-state index contributed by atoms with van der Waals surface area (Å²) in [5, 5.41) is 3.34. The Kier molecular flexibility index (Phi) is 5.07. The van der Waals surface area contributed by atoms with Crippen molar-refractivity contribution in [3.05, 3.63) is 29.8 Å². The number of sulfonamides is 1. The molecule has 1 aromatic carbocycles. The predicted molar refractivity (Wildman–Crippen MR) is 85.9 cm³/mol. The number of piperidine rings is 1. The summed E-state index contributed by atoms with van der Waals surface area (Å²) in [7, 11) is -3.42. The molecular formula is C16H26N2O2S. The highest BCUT2D eigenvalue weighted by Gasteiger charge is 2.28. The highest BCUT2D eigenvalue weighted by Crippen LogP contribution is 2.25. The van der Waals surface area contributed by atoms with Gasteiger partial charge in [-0.05, 0) is 48.4 Å². The molecule has 118 valence electrons. The van der Waals surface area contributed by atoms with E-state index in [9.17, 15) is 8.42 Å². The van der Waals surface area contributed by atoms with Gasteiger partial charge < -0.3 is 5.32 Å². The summed E-state index contributed by atoms with van der Waals surface area (Å²) in [5.74, 6) is 0.405. The minimum Gasteiger partial charge on any atom is -0.316 e. The monoisotopic (exact) mass is 310 g/mol. The summed E-state index contributed by atoms with van der Waals surface area (Å²) in [4.78, 5) is 0.347. The van der Waals surface area contributed by atoms with Crippen molar-refractivity contribution in [1.29, 1.82) is 0 Å². The maximum Gasteiger partial charge on any atom is 0.240 e. The summed E-state index contributed by atoms with van der Waals surface area (Å²) >= 11 is 0. The molecule has 0 radical (unpaired) electrons. The lowest BCUT2D eigenvalue weighted by atomic mass is 9.83. The van der Waals surface area contributed by atoms with Crippen LogP contribution in [0.25, 0.3) is 0 Å². The first-order chi connectivity index (χ1) is 9.82. The Morgan fingerprint density at radius 3 is 2.48 bits per heavy atom. The molecule has 2 rings (SSSR count). The van der Waals surface area contributed by atoms with Crippen LogP contribution in [-0.4, -0.2) is 28.1 Å². The van der Waals surface area contributed by atoms with Crippen molar-refractivity contribution in [2.45, 2.75) is 44.4 Å². The average Bonchev–Trinajstić information content (AvgIpc) is 2.46. The predicted octanol–water partition coefficient (Wildman–Crippen LogP) is 2.48. The Bertz CT molecular complexity index is 558. The maximum absolute atomic E-state index is 12.4. The molecule has 0 amide bonds. The smallest absolute Gasteiger partial charge is 0.240 e. The molecule has 1 atom stereocenters. The lowest BCUT2D eigenvalue weighted by Gasteiger charge is -2.34. The molecule has 2 N–H and O–H groups in total. The molecule has 0 spiro atoms. The van der Waals surface area contributed by atoms with E-state index in [1.807, 2.05) is 12.1 Å². The van der Waals surface area contributed by atoms with E-state index < -0.39 is 10.0 Å². The van der Waals surface area contributed by atoms with E-state index in [0.717, 1.165) is 31.5 Å². The van der Waals surface area contributed by atoms with Gasteiger partial charge in [-0.2, -0.15) is 0 Å². The molecule has 1 aliphatic rings. The quantitative estimate of drug-likeness (QED) is 0.878. The van der Waals surface area contributed by atoms with E-state index in [1.54, 1.807) is 12.1 Å². The number of benzene rings is 1. The molecule has 0 aliphatic carbocycles. The summed E-state index contributed by atoms with van der Waals surface area (Å²) in [6.45, 7) is 8.69. The van der Waals surface area contributed by atoms with E-state index in [1.165, 1.54) is 0 Å². The fourth-order valence-electron chi connectivity index (χ4n) is 2.65. The van der Waals surface area contributed by atoms with Gasteiger partial charge in [0.05, 0.1) is 4.90 Å². The van der Waals surface area contributed by atoms with Crippen molar-refractivity contribution >= 4 is 10.0 Å². The van der Waals surface area contributed by atoms with E-state index in [4.69, 9.17) is 0 Å². The Labute approximate surface area is 128 Å². The van der Waals surface area contributed by atoms with Crippen molar-refractivity contribution in [2.24, 2.45) is 5.41 Å². The van der Waals surface area contributed by atoms with Gasteiger partial charge in [-0.3, -0.25) is 0 Å². The molecule has 1 fully saturated rings.